The van der Waals surface area contributed by atoms with Crippen molar-refractivity contribution in [2.24, 2.45) is 17.6 Å². The van der Waals surface area contributed by atoms with Crippen LogP contribution in [0.3, 0.4) is 0 Å². The van der Waals surface area contributed by atoms with Crippen LogP contribution in [0, 0.1) is 11.8 Å². The second-order valence-corrected chi connectivity index (χ2v) is 5.31. The van der Waals surface area contributed by atoms with Crippen molar-refractivity contribution in [3.05, 3.63) is 0 Å². The standard InChI is InChI=1S/C13H26N2O2/c1-9-5-6-15(12(7-9)8-14)11(3)10(2)13(16)17-4/h9-12H,5-8,14H2,1-4H3. The fourth-order valence-corrected chi connectivity index (χ4v) is 2.71. The third-order valence-corrected chi connectivity index (χ3v) is 4.12. The van der Waals surface area contributed by atoms with Gasteiger partial charge in [-0.05, 0) is 32.2 Å². The molecular formula is C13H26N2O2. The van der Waals surface area contributed by atoms with Crippen molar-refractivity contribution >= 4 is 5.97 Å². The molecule has 4 heteroatoms. The van der Waals surface area contributed by atoms with E-state index in [9.17, 15) is 4.79 Å². The molecule has 0 bridgehead atoms. The molecule has 0 amide bonds. The van der Waals surface area contributed by atoms with Gasteiger partial charge in [-0.1, -0.05) is 13.8 Å². The van der Waals surface area contributed by atoms with Crippen molar-refractivity contribution in [1.29, 1.82) is 0 Å². The van der Waals surface area contributed by atoms with Gasteiger partial charge >= 0.3 is 5.97 Å². The molecule has 1 aliphatic heterocycles. The lowest BCUT2D eigenvalue weighted by molar-refractivity contribution is -0.147. The minimum atomic E-state index is -0.133. The van der Waals surface area contributed by atoms with Gasteiger partial charge in [0, 0.05) is 18.6 Å². The number of nitrogens with zero attached hydrogens (tertiary/aromatic N) is 1. The van der Waals surface area contributed by atoms with Crippen LogP contribution in [0.1, 0.15) is 33.6 Å². The Labute approximate surface area is 104 Å². The quantitative estimate of drug-likeness (QED) is 0.754. The van der Waals surface area contributed by atoms with Crippen LogP contribution in [0.5, 0.6) is 0 Å². The first kappa shape index (κ1) is 14.5. The van der Waals surface area contributed by atoms with E-state index in [2.05, 4.69) is 18.7 Å². The van der Waals surface area contributed by atoms with Crippen molar-refractivity contribution < 1.29 is 9.53 Å². The van der Waals surface area contributed by atoms with E-state index in [1.165, 1.54) is 13.5 Å². The van der Waals surface area contributed by atoms with Crippen molar-refractivity contribution in [2.75, 3.05) is 20.2 Å². The molecule has 4 unspecified atom stereocenters. The van der Waals surface area contributed by atoms with E-state index in [1.807, 2.05) is 6.92 Å². The lowest BCUT2D eigenvalue weighted by Crippen LogP contribution is -2.53. The fourth-order valence-electron chi connectivity index (χ4n) is 2.71. The number of piperidine rings is 1. The highest BCUT2D eigenvalue weighted by atomic mass is 16.5. The van der Waals surface area contributed by atoms with Gasteiger partial charge in [0.2, 0.25) is 0 Å². The van der Waals surface area contributed by atoms with Crippen LogP contribution in [0.25, 0.3) is 0 Å². The molecule has 2 N–H and O–H groups in total. The Balaban J connectivity index is 2.66. The molecule has 1 fully saturated rings. The number of methoxy groups -OCH3 is 1. The smallest absolute Gasteiger partial charge is 0.309 e. The zero-order valence-electron chi connectivity index (χ0n) is 11.5. The third kappa shape index (κ3) is 3.42. The maximum Gasteiger partial charge on any atom is 0.309 e. The summed E-state index contributed by atoms with van der Waals surface area (Å²) in [5, 5.41) is 0. The van der Waals surface area contributed by atoms with Gasteiger partial charge in [-0.3, -0.25) is 9.69 Å². The highest BCUT2D eigenvalue weighted by Crippen LogP contribution is 2.26. The maximum atomic E-state index is 11.6. The summed E-state index contributed by atoms with van der Waals surface area (Å²) >= 11 is 0. The first-order valence-corrected chi connectivity index (χ1v) is 6.54. The van der Waals surface area contributed by atoms with Gasteiger partial charge in [0.05, 0.1) is 13.0 Å². The lowest BCUT2D eigenvalue weighted by Gasteiger charge is -2.43. The molecule has 0 saturated carbocycles. The largest absolute Gasteiger partial charge is 0.469 e. The van der Waals surface area contributed by atoms with Gasteiger partial charge < -0.3 is 10.5 Å². The fraction of sp³-hybridized carbons (Fsp3) is 0.923. The van der Waals surface area contributed by atoms with Gasteiger partial charge in [-0.25, -0.2) is 0 Å². The molecule has 100 valence electrons. The Bertz CT molecular complexity index is 258. The zero-order valence-corrected chi connectivity index (χ0v) is 11.5. The van der Waals surface area contributed by atoms with E-state index in [-0.39, 0.29) is 17.9 Å². The predicted molar refractivity (Wildman–Crippen MR) is 68.6 cm³/mol. The summed E-state index contributed by atoms with van der Waals surface area (Å²) < 4.78 is 4.82. The number of rotatable bonds is 4. The third-order valence-electron chi connectivity index (χ3n) is 4.12. The van der Waals surface area contributed by atoms with Crippen LogP contribution in [0.2, 0.25) is 0 Å². The van der Waals surface area contributed by atoms with E-state index in [4.69, 9.17) is 10.5 Å². The summed E-state index contributed by atoms with van der Waals surface area (Å²) in [6.45, 7) is 8.00. The number of ether oxygens (including phenoxy) is 1. The Morgan fingerprint density at radius 1 is 1.53 bits per heavy atom. The Hall–Kier alpha value is -0.610. The number of hydrogen-bond acceptors (Lipinski definition) is 4. The molecule has 1 aliphatic rings. The number of carbonyl (C=O) groups is 1. The van der Waals surface area contributed by atoms with E-state index >= 15 is 0 Å². The molecule has 0 aromatic rings. The molecule has 4 atom stereocenters. The second-order valence-electron chi connectivity index (χ2n) is 5.31. The minimum Gasteiger partial charge on any atom is -0.469 e. The SMILES string of the molecule is COC(=O)C(C)C(C)N1CCC(C)CC1CN. The highest BCUT2D eigenvalue weighted by Gasteiger charge is 2.33. The predicted octanol–water partition coefficient (Wildman–Crippen LogP) is 1.24. The second kappa shape index (κ2) is 6.36. The Kier molecular flexibility index (Phi) is 5.40. The van der Waals surface area contributed by atoms with Crippen LogP contribution < -0.4 is 5.73 Å². The first-order valence-electron chi connectivity index (χ1n) is 6.54. The molecule has 1 rings (SSSR count). The van der Waals surface area contributed by atoms with E-state index < -0.39 is 0 Å². The summed E-state index contributed by atoms with van der Waals surface area (Å²) in [5.41, 5.74) is 5.84. The van der Waals surface area contributed by atoms with Crippen LogP contribution in [-0.2, 0) is 9.53 Å². The summed E-state index contributed by atoms with van der Waals surface area (Å²) in [7, 11) is 1.45. The molecule has 17 heavy (non-hydrogen) atoms. The number of esters is 1. The minimum absolute atomic E-state index is 0.0949. The van der Waals surface area contributed by atoms with Crippen molar-refractivity contribution in [3.63, 3.8) is 0 Å². The molecule has 1 saturated heterocycles. The number of likely N-dealkylation sites (tertiary alicyclic amines) is 1. The molecule has 0 spiro atoms. The van der Waals surface area contributed by atoms with Crippen LogP contribution in [-0.4, -0.2) is 43.2 Å². The van der Waals surface area contributed by atoms with E-state index in [0.717, 1.165) is 18.9 Å². The number of nitrogens with two attached hydrogens (primary N) is 1. The molecular weight excluding hydrogens is 216 g/mol. The summed E-state index contributed by atoms with van der Waals surface area (Å²) in [5.74, 6) is 0.509. The zero-order chi connectivity index (χ0) is 13.0. The first-order chi connectivity index (χ1) is 8.01. The Morgan fingerprint density at radius 2 is 2.18 bits per heavy atom. The van der Waals surface area contributed by atoms with Crippen LogP contribution in [0.4, 0.5) is 0 Å². The maximum absolute atomic E-state index is 11.6. The van der Waals surface area contributed by atoms with Crippen molar-refractivity contribution in [2.45, 2.75) is 45.7 Å². The normalized spacial score (nSPS) is 29.7. The number of hydrogen-bond donors (Lipinski definition) is 1. The molecule has 0 radical (unpaired) electrons. The number of carbonyl (C=O) groups excluding carboxylic acids is 1. The van der Waals surface area contributed by atoms with Gasteiger partial charge in [0.25, 0.3) is 0 Å². The molecule has 0 aliphatic carbocycles. The average molecular weight is 242 g/mol. The van der Waals surface area contributed by atoms with Gasteiger partial charge in [-0.2, -0.15) is 0 Å². The molecule has 1 heterocycles. The lowest BCUT2D eigenvalue weighted by atomic mass is 9.89. The summed E-state index contributed by atoms with van der Waals surface area (Å²) in [6, 6.07) is 0.601. The average Bonchev–Trinajstić information content (AvgIpc) is 2.35. The van der Waals surface area contributed by atoms with E-state index in [1.54, 1.807) is 0 Å². The molecule has 0 aromatic carbocycles. The van der Waals surface area contributed by atoms with Gasteiger partial charge in [0.1, 0.15) is 0 Å². The van der Waals surface area contributed by atoms with E-state index in [0.29, 0.717) is 12.6 Å². The van der Waals surface area contributed by atoms with Crippen LogP contribution in [0.15, 0.2) is 0 Å². The molecule has 0 aromatic heterocycles. The summed E-state index contributed by atoms with van der Waals surface area (Å²) in [6.07, 6.45) is 2.32. The van der Waals surface area contributed by atoms with Crippen molar-refractivity contribution in [3.8, 4) is 0 Å². The van der Waals surface area contributed by atoms with Gasteiger partial charge in [0.15, 0.2) is 0 Å². The van der Waals surface area contributed by atoms with Gasteiger partial charge in [-0.15, -0.1) is 0 Å². The Morgan fingerprint density at radius 3 is 2.71 bits per heavy atom. The topological polar surface area (TPSA) is 55.6 Å². The summed E-state index contributed by atoms with van der Waals surface area (Å²) in [4.78, 5) is 14.0. The molecule has 4 nitrogen and oxygen atoms in total. The van der Waals surface area contributed by atoms with Crippen LogP contribution >= 0.6 is 0 Å². The van der Waals surface area contributed by atoms with Crippen molar-refractivity contribution in [1.82, 2.24) is 4.90 Å². The highest BCUT2D eigenvalue weighted by molar-refractivity contribution is 5.72. The monoisotopic (exact) mass is 242 g/mol.